The number of carbonyl (C=O) groups is 1. The lowest BCUT2D eigenvalue weighted by Crippen LogP contribution is -2.27. The number of fused-ring (bicyclic) bond motifs is 2. The van der Waals surface area contributed by atoms with E-state index in [1.54, 1.807) is 6.20 Å². The third kappa shape index (κ3) is 3.46. The first-order valence-electron chi connectivity index (χ1n) is 8.46. The Hall–Kier alpha value is -2.95. The summed E-state index contributed by atoms with van der Waals surface area (Å²) in [7, 11) is 1.53. The Morgan fingerprint density at radius 2 is 2.03 bits per heavy atom. The summed E-state index contributed by atoms with van der Waals surface area (Å²) in [4.78, 5) is 22.7. The molecule has 0 aliphatic heterocycles. The predicted octanol–water partition coefficient (Wildman–Crippen LogP) is 3.74. The molecule has 0 aromatic carbocycles. The topological polar surface area (TPSA) is 67.8 Å². The average Bonchev–Trinajstić information content (AvgIpc) is 3.20. The summed E-state index contributed by atoms with van der Waals surface area (Å²) in [5, 5.41) is 3.90. The Morgan fingerprint density at radius 1 is 1.28 bits per heavy atom. The molecule has 11 heteroatoms. The van der Waals surface area contributed by atoms with Crippen LogP contribution in [0.2, 0.25) is 0 Å². The molecule has 0 saturated carbocycles. The van der Waals surface area contributed by atoms with E-state index in [0.29, 0.717) is 10.2 Å². The van der Waals surface area contributed by atoms with Crippen molar-refractivity contribution in [1.82, 2.24) is 28.9 Å². The highest BCUT2D eigenvalue weighted by Crippen LogP contribution is 2.32. The predicted molar refractivity (Wildman–Crippen MR) is 101 cm³/mol. The fraction of sp³-hybridized carbons (Fsp3) is 0.222. The molecule has 4 aromatic heterocycles. The first-order valence-corrected chi connectivity index (χ1v) is 9.25. The van der Waals surface area contributed by atoms with Gasteiger partial charge in [-0.2, -0.15) is 18.3 Å². The molecule has 0 unspecified atom stereocenters. The minimum atomic E-state index is -4.64. The van der Waals surface area contributed by atoms with Crippen LogP contribution in [0.4, 0.5) is 13.2 Å². The number of carbonyl (C=O) groups excluding carboxylic acids is 1. The molecule has 0 atom stereocenters. The summed E-state index contributed by atoms with van der Waals surface area (Å²) >= 11 is 3.19. The van der Waals surface area contributed by atoms with Gasteiger partial charge in [-0.15, -0.1) is 0 Å². The number of imidazole rings is 1. The van der Waals surface area contributed by atoms with Crippen LogP contribution in [0.15, 0.2) is 41.1 Å². The fourth-order valence-electron chi connectivity index (χ4n) is 3.01. The van der Waals surface area contributed by atoms with E-state index in [9.17, 15) is 18.0 Å². The molecule has 0 aliphatic rings. The molecule has 7 nitrogen and oxygen atoms in total. The Morgan fingerprint density at radius 3 is 2.72 bits per heavy atom. The first kappa shape index (κ1) is 19.4. The molecule has 0 N–H and O–H groups in total. The molecular weight excluding hydrogens is 453 g/mol. The third-order valence-electron chi connectivity index (χ3n) is 4.31. The van der Waals surface area contributed by atoms with Crippen LogP contribution in [0, 0.1) is 6.92 Å². The van der Waals surface area contributed by atoms with Gasteiger partial charge in [0.1, 0.15) is 11.3 Å². The van der Waals surface area contributed by atoms with Crippen molar-refractivity contribution in [2.24, 2.45) is 0 Å². The van der Waals surface area contributed by atoms with Crippen LogP contribution >= 0.6 is 15.9 Å². The van der Waals surface area contributed by atoms with Crippen LogP contribution in [0.3, 0.4) is 0 Å². The molecule has 4 rings (SSSR count). The number of alkyl halides is 3. The van der Waals surface area contributed by atoms with E-state index >= 15 is 0 Å². The molecule has 4 aromatic rings. The number of rotatable bonds is 3. The molecule has 0 radical (unpaired) electrons. The van der Waals surface area contributed by atoms with Crippen molar-refractivity contribution >= 4 is 33.1 Å². The lowest BCUT2D eigenvalue weighted by Gasteiger charge is -2.14. The highest BCUT2D eigenvalue weighted by atomic mass is 79.9. The standard InChI is InChI=1S/C18H14BrF3N6O/c1-10-7-12(18(20,21)22)28-16(23-10)14(19)15(25-28)17(29)26(2)8-11-9-27-6-4-3-5-13(27)24-11/h3-7,9H,8H2,1-2H3. The van der Waals surface area contributed by atoms with E-state index in [4.69, 9.17) is 0 Å². The van der Waals surface area contributed by atoms with Crippen molar-refractivity contribution in [2.45, 2.75) is 19.6 Å². The Kier molecular flexibility index (Phi) is 4.56. The molecule has 0 spiro atoms. The van der Waals surface area contributed by atoms with Gasteiger partial charge in [-0.05, 0) is 41.1 Å². The molecule has 0 saturated heterocycles. The number of halogens is 4. The Balaban J connectivity index is 1.70. The third-order valence-corrected chi connectivity index (χ3v) is 5.04. The molecule has 0 aliphatic carbocycles. The van der Waals surface area contributed by atoms with E-state index in [0.717, 1.165) is 11.7 Å². The number of amides is 1. The van der Waals surface area contributed by atoms with Crippen LogP contribution in [0.5, 0.6) is 0 Å². The van der Waals surface area contributed by atoms with E-state index in [1.165, 1.54) is 18.9 Å². The maximum atomic E-state index is 13.4. The van der Waals surface area contributed by atoms with E-state index in [1.807, 2.05) is 28.8 Å². The Bertz CT molecular complexity index is 1210. The lowest BCUT2D eigenvalue weighted by molar-refractivity contribution is -0.142. The summed E-state index contributed by atoms with van der Waals surface area (Å²) in [6.45, 7) is 1.62. The van der Waals surface area contributed by atoms with E-state index in [2.05, 4.69) is 31.0 Å². The number of nitrogens with zero attached hydrogens (tertiary/aromatic N) is 6. The average molecular weight is 467 g/mol. The van der Waals surface area contributed by atoms with Gasteiger partial charge in [0.15, 0.2) is 11.3 Å². The second-order valence-electron chi connectivity index (χ2n) is 6.54. The van der Waals surface area contributed by atoms with Gasteiger partial charge in [0.25, 0.3) is 5.91 Å². The zero-order valence-corrected chi connectivity index (χ0v) is 16.9. The van der Waals surface area contributed by atoms with Crippen molar-refractivity contribution in [2.75, 3.05) is 7.05 Å². The maximum Gasteiger partial charge on any atom is 0.433 e. The molecule has 1 amide bonds. The lowest BCUT2D eigenvalue weighted by atomic mass is 10.3. The van der Waals surface area contributed by atoms with E-state index < -0.39 is 17.8 Å². The highest BCUT2D eigenvalue weighted by molar-refractivity contribution is 9.10. The van der Waals surface area contributed by atoms with Crippen LogP contribution in [0.25, 0.3) is 11.3 Å². The van der Waals surface area contributed by atoms with Crippen molar-refractivity contribution in [3.63, 3.8) is 0 Å². The quantitative estimate of drug-likeness (QED) is 0.461. The van der Waals surface area contributed by atoms with Crippen molar-refractivity contribution in [3.8, 4) is 0 Å². The molecule has 4 heterocycles. The number of hydrogen-bond acceptors (Lipinski definition) is 4. The van der Waals surface area contributed by atoms with Crippen LogP contribution < -0.4 is 0 Å². The largest absolute Gasteiger partial charge is 0.433 e. The van der Waals surface area contributed by atoms with Gasteiger partial charge in [-0.25, -0.2) is 14.5 Å². The minimum absolute atomic E-state index is 0.0678. The second kappa shape index (κ2) is 6.83. The summed E-state index contributed by atoms with van der Waals surface area (Å²) in [5.74, 6) is -0.551. The second-order valence-corrected chi connectivity index (χ2v) is 7.33. The minimum Gasteiger partial charge on any atom is -0.334 e. The number of hydrogen-bond donors (Lipinski definition) is 0. The van der Waals surface area contributed by atoms with Gasteiger partial charge >= 0.3 is 6.18 Å². The van der Waals surface area contributed by atoms with Crippen LogP contribution in [0.1, 0.15) is 27.6 Å². The molecule has 0 bridgehead atoms. The zero-order valence-electron chi connectivity index (χ0n) is 15.3. The van der Waals surface area contributed by atoms with Crippen LogP contribution in [-0.4, -0.2) is 41.8 Å². The van der Waals surface area contributed by atoms with Crippen molar-refractivity contribution in [3.05, 3.63) is 63.9 Å². The first-order chi connectivity index (χ1) is 13.6. The highest BCUT2D eigenvalue weighted by Gasteiger charge is 2.36. The van der Waals surface area contributed by atoms with Crippen LogP contribution in [-0.2, 0) is 12.7 Å². The molecule has 0 fully saturated rings. The fourth-order valence-corrected chi connectivity index (χ4v) is 3.52. The smallest absolute Gasteiger partial charge is 0.334 e. The summed E-state index contributed by atoms with van der Waals surface area (Å²) in [6.07, 6.45) is -1.02. The zero-order chi connectivity index (χ0) is 20.9. The molecule has 150 valence electrons. The maximum absolute atomic E-state index is 13.4. The van der Waals surface area contributed by atoms with Gasteiger partial charge in [0, 0.05) is 25.1 Å². The number of pyridine rings is 1. The van der Waals surface area contributed by atoms with Gasteiger partial charge in [0.05, 0.1) is 16.7 Å². The number of aromatic nitrogens is 5. The molecular formula is C18H14BrF3N6O. The van der Waals surface area contributed by atoms with Gasteiger partial charge < -0.3 is 9.30 Å². The van der Waals surface area contributed by atoms with Crippen molar-refractivity contribution < 1.29 is 18.0 Å². The SMILES string of the molecule is Cc1cc(C(F)(F)F)n2nc(C(=O)N(C)Cc3cn4ccccc4n3)c(Br)c2n1. The normalized spacial score (nSPS) is 12.1. The van der Waals surface area contributed by atoms with Crippen molar-refractivity contribution in [1.29, 1.82) is 0 Å². The summed E-state index contributed by atoms with van der Waals surface area (Å²) in [5.41, 5.74) is 0.315. The van der Waals surface area contributed by atoms with Gasteiger partial charge in [-0.1, -0.05) is 6.07 Å². The van der Waals surface area contributed by atoms with Gasteiger partial charge in [0.2, 0.25) is 0 Å². The monoisotopic (exact) mass is 466 g/mol. The number of aryl methyl sites for hydroxylation is 1. The van der Waals surface area contributed by atoms with Gasteiger partial charge in [-0.3, -0.25) is 4.79 Å². The van der Waals surface area contributed by atoms with E-state index in [-0.39, 0.29) is 28.1 Å². The Labute approximate surface area is 170 Å². The summed E-state index contributed by atoms with van der Waals surface area (Å²) in [6, 6.07) is 6.42. The summed E-state index contributed by atoms with van der Waals surface area (Å²) < 4.78 is 42.7. The molecule has 29 heavy (non-hydrogen) atoms.